The molecule has 0 spiro atoms. The Morgan fingerprint density at radius 2 is 1.84 bits per heavy atom. The van der Waals surface area contributed by atoms with Crippen LogP contribution in [0.1, 0.15) is 15.9 Å². The molecule has 156 valence electrons. The summed E-state index contributed by atoms with van der Waals surface area (Å²) in [5.74, 6) is -0.00815. The lowest BCUT2D eigenvalue weighted by Gasteiger charge is -2.24. The van der Waals surface area contributed by atoms with Gasteiger partial charge in [-0.1, -0.05) is 12.1 Å². The van der Waals surface area contributed by atoms with E-state index in [0.29, 0.717) is 16.9 Å². The number of carbonyl (C=O) groups is 1. The number of rotatable bonds is 5. The van der Waals surface area contributed by atoms with Crippen LogP contribution in [-0.4, -0.2) is 35.5 Å². The molecule has 1 aromatic carbocycles. The van der Waals surface area contributed by atoms with Crippen molar-refractivity contribution in [2.45, 2.75) is 11.6 Å². The van der Waals surface area contributed by atoms with Gasteiger partial charge in [0.2, 0.25) is 0 Å². The number of sulfone groups is 1. The zero-order chi connectivity index (χ0) is 22.0. The van der Waals surface area contributed by atoms with Gasteiger partial charge in [0, 0.05) is 30.2 Å². The number of anilines is 2. The lowest BCUT2D eigenvalue weighted by molar-refractivity contribution is 0.0984. The molecule has 0 fully saturated rings. The lowest BCUT2D eigenvalue weighted by Crippen LogP contribution is -2.32. The van der Waals surface area contributed by atoms with E-state index in [1.165, 1.54) is 17.3 Å². The smallest absolute Gasteiger partial charge is 0.260 e. The summed E-state index contributed by atoms with van der Waals surface area (Å²) in [6.07, 6.45) is 5.45. The van der Waals surface area contributed by atoms with Gasteiger partial charge in [0.05, 0.1) is 23.3 Å². The molecule has 0 atom stereocenters. The van der Waals surface area contributed by atoms with Gasteiger partial charge >= 0.3 is 0 Å². The number of nitrogen functional groups attached to an aromatic ring is 1. The van der Waals surface area contributed by atoms with E-state index in [-0.39, 0.29) is 17.3 Å². The summed E-state index contributed by atoms with van der Waals surface area (Å²) in [5, 5.41) is 0.733. The van der Waals surface area contributed by atoms with Crippen LogP contribution in [0.2, 0.25) is 0 Å². The fourth-order valence-corrected chi connectivity index (χ4v) is 4.05. The molecule has 4 aromatic rings. The van der Waals surface area contributed by atoms with Gasteiger partial charge in [0.1, 0.15) is 5.82 Å². The molecule has 0 aliphatic carbocycles. The molecule has 1 amide bonds. The molecule has 3 heterocycles. The number of pyridine rings is 3. The van der Waals surface area contributed by atoms with Crippen LogP contribution in [0.4, 0.5) is 11.5 Å². The zero-order valence-corrected chi connectivity index (χ0v) is 17.5. The van der Waals surface area contributed by atoms with Crippen LogP contribution in [0.25, 0.3) is 10.9 Å². The maximum absolute atomic E-state index is 13.4. The van der Waals surface area contributed by atoms with Gasteiger partial charge in [-0.2, -0.15) is 0 Å². The Hall–Kier alpha value is -3.85. The number of amides is 1. The number of nitrogens with zero attached hydrogens (tertiary/aromatic N) is 4. The molecule has 2 N–H and O–H groups in total. The number of aromatic nitrogens is 3. The van der Waals surface area contributed by atoms with Crippen molar-refractivity contribution >= 4 is 38.2 Å². The second-order valence-electron chi connectivity index (χ2n) is 7.00. The van der Waals surface area contributed by atoms with Crippen LogP contribution in [0.3, 0.4) is 0 Å². The van der Waals surface area contributed by atoms with E-state index >= 15 is 0 Å². The average Bonchev–Trinajstić information content (AvgIpc) is 2.77. The van der Waals surface area contributed by atoms with Crippen molar-refractivity contribution in [3.8, 4) is 0 Å². The highest BCUT2D eigenvalue weighted by Gasteiger charge is 2.25. The van der Waals surface area contributed by atoms with Gasteiger partial charge in [0.15, 0.2) is 14.9 Å². The van der Waals surface area contributed by atoms with E-state index in [9.17, 15) is 13.2 Å². The van der Waals surface area contributed by atoms with Crippen LogP contribution < -0.4 is 10.6 Å². The number of benzene rings is 1. The molecule has 31 heavy (non-hydrogen) atoms. The molecule has 0 aliphatic heterocycles. The molecule has 0 radical (unpaired) electrons. The summed E-state index contributed by atoms with van der Waals surface area (Å²) in [5.41, 5.74) is 7.76. The number of hydrogen-bond acceptors (Lipinski definition) is 7. The summed E-state index contributed by atoms with van der Waals surface area (Å²) < 4.78 is 24.7. The van der Waals surface area contributed by atoms with Gasteiger partial charge < -0.3 is 10.6 Å². The quantitative estimate of drug-likeness (QED) is 0.514. The Bertz CT molecular complexity index is 1370. The van der Waals surface area contributed by atoms with Gasteiger partial charge in [-0.05, 0) is 48.0 Å². The molecule has 0 aliphatic rings. The second kappa shape index (κ2) is 8.11. The summed E-state index contributed by atoms with van der Waals surface area (Å²) >= 11 is 0. The Kier molecular flexibility index (Phi) is 5.35. The molecular formula is C22H19N5O3S. The highest BCUT2D eigenvalue weighted by molar-refractivity contribution is 7.90. The highest BCUT2D eigenvalue weighted by Crippen LogP contribution is 2.27. The minimum absolute atomic E-state index is 0.106. The van der Waals surface area contributed by atoms with Crippen LogP contribution >= 0.6 is 0 Å². The van der Waals surface area contributed by atoms with E-state index < -0.39 is 15.7 Å². The van der Waals surface area contributed by atoms with E-state index in [1.54, 1.807) is 36.5 Å². The highest BCUT2D eigenvalue weighted by atomic mass is 32.2. The van der Waals surface area contributed by atoms with Gasteiger partial charge in [-0.15, -0.1) is 0 Å². The fraction of sp³-hybridized carbons (Fsp3) is 0.0909. The summed E-state index contributed by atoms with van der Waals surface area (Å²) in [7, 11) is -3.68. The second-order valence-corrected chi connectivity index (χ2v) is 8.93. The first kappa shape index (κ1) is 20.4. The molecule has 9 heteroatoms. The van der Waals surface area contributed by atoms with Crippen molar-refractivity contribution in [2.24, 2.45) is 0 Å². The van der Waals surface area contributed by atoms with E-state index in [4.69, 9.17) is 5.73 Å². The predicted molar refractivity (Wildman–Crippen MR) is 118 cm³/mol. The largest absolute Gasteiger partial charge is 0.384 e. The van der Waals surface area contributed by atoms with Crippen molar-refractivity contribution in [3.63, 3.8) is 0 Å². The average molecular weight is 433 g/mol. The first-order chi connectivity index (χ1) is 14.8. The molecule has 3 aromatic heterocycles. The third-order valence-electron chi connectivity index (χ3n) is 4.67. The topological polar surface area (TPSA) is 119 Å². The van der Waals surface area contributed by atoms with Crippen LogP contribution in [-0.2, 0) is 16.4 Å². The first-order valence-corrected chi connectivity index (χ1v) is 11.2. The molecular weight excluding hydrogens is 414 g/mol. The Morgan fingerprint density at radius 1 is 1.06 bits per heavy atom. The standard InChI is InChI=1S/C22H19N5O3S/c1-31(29,30)21-19(5-3-11-25-21)27(22(28)17-4-2-10-24-13-17)14-15-6-7-16-8-9-20(23)26-18(16)12-15/h2-13H,14H2,1H3,(H2,23,26). The van der Waals surface area contributed by atoms with Crippen molar-refractivity contribution in [1.82, 2.24) is 15.0 Å². The minimum atomic E-state index is -3.68. The first-order valence-electron chi connectivity index (χ1n) is 9.35. The van der Waals surface area contributed by atoms with Crippen LogP contribution in [0.15, 0.2) is 78.2 Å². The summed E-state index contributed by atoms with van der Waals surface area (Å²) in [6.45, 7) is 0.106. The summed E-state index contributed by atoms with van der Waals surface area (Å²) in [4.78, 5) is 27.1. The maximum atomic E-state index is 13.4. The van der Waals surface area contributed by atoms with Crippen molar-refractivity contribution in [1.29, 1.82) is 0 Å². The van der Waals surface area contributed by atoms with Crippen molar-refractivity contribution in [3.05, 3.63) is 84.3 Å². The molecule has 8 nitrogen and oxygen atoms in total. The maximum Gasteiger partial charge on any atom is 0.260 e. The number of fused-ring (bicyclic) bond motifs is 1. The third kappa shape index (κ3) is 4.36. The van der Waals surface area contributed by atoms with Crippen LogP contribution in [0.5, 0.6) is 0 Å². The SMILES string of the molecule is CS(=O)(=O)c1ncccc1N(Cc1ccc2ccc(N)nc2c1)C(=O)c1cccnc1. The predicted octanol–water partition coefficient (Wildman–Crippen LogP) is 2.86. The van der Waals surface area contributed by atoms with Gasteiger partial charge in [-0.25, -0.2) is 18.4 Å². The zero-order valence-electron chi connectivity index (χ0n) is 16.6. The lowest BCUT2D eigenvalue weighted by atomic mass is 10.1. The Balaban J connectivity index is 1.83. The Morgan fingerprint density at radius 3 is 2.58 bits per heavy atom. The molecule has 0 saturated carbocycles. The Labute approximate surface area is 179 Å². The molecule has 0 bridgehead atoms. The van der Waals surface area contributed by atoms with E-state index in [2.05, 4.69) is 15.0 Å². The van der Waals surface area contributed by atoms with E-state index in [1.807, 2.05) is 24.3 Å². The normalized spacial score (nSPS) is 11.4. The minimum Gasteiger partial charge on any atom is -0.384 e. The van der Waals surface area contributed by atoms with E-state index in [0.717, 1.165) is 17.2 Å². The number of nitrogens with two attached hydrogens (primary N) is 1. The molecule has 4 rings (SSSR count). The molecule has 0 saturated heterocycles. The fourth-order valence-electron chi connectivity index (χ4n) is 3.24. The number of carbonyl (C=O) groups excluding carboxylic acids is 1. The van der Waals surface area contributed by atoms with Crippen molar-refractivity contribution < 1.29 is 13.2 Å². The monoisotopic (exact) mass is 433 g/mol. The molecule has 0 unspecified atom stereocenters. The van der Waals surface area contributed by atoms with Crippen molar-refractivity contribution in [2.75, 3.05) is 16.9 Å². The third-order valence-corrected chi connectivity index (χ3v) is 5.68. The van der Waals surface area contributed by atoms with Gasteiger partial charge in [0.25, 0.3) is 5.91 Å². The van der Waals surface area contributed by atoms with Crippen LogP contribution in [0, 0.1) is 0 Å². The number of hydrogen-bond donors (Lipinski definition) is 1. The van der Waals surface area contributed by atoms with Gasteiger partial charge in [-0.3, -0.25) is 9.78 Å². The summed E-state index contributed by atoms with van der Waals surface area (Å²) in [6, 6.07) is 15.6.